The van der Waals surface area contributed by atoms with Crippen LogP contribution in [0.4, 0.5) is 5.82 Å². The van der Waals surface area contributed by atoms with Crippen molar-refractivity contribution in [2.24, 2.45) is 0 Å². The summed E-state index contributed by atoms with van der Waals surface area (Å²) in [6, 6.07) is 11.0. The molecule has 0 aliphatic heterocycles. The second-order valence-electron chi connectivity index (χ2n) is 3.76. The number of carbonyl (C=O) groups is 1. The molecule has 1 aromatic carbocycles. The first-order valence-corrected chi connectivity index (χ1v) is 6.85. The van der Waals surface area contributed by atoms with E-state index in [1.54, 1.807) is 18.2 Å². The van der Waals surface area contributed by atoms with Crippen LogP contribution in [0.5, 0.6) is 0 Å². The molecule has 1 N–H and O–H groups in total. The largest absolute Gasteiger partial charge is 0.307 e. The molecule has 0 aliphatic carbocycles. The van der Waals surface area contributed by atoms with Gasteiger partial charge in [-0.15, -0.1) is 0 Å². The smallest absolute Gasteiger partial charge is 0.257 e. The van der Waals surface area contributed by atoms with Crippen LogP contribution in [0, 0.1) is 6.92 Å². The molecule has 0 saturated carbocycles. The molecule has 3 nitrogen and oxygen atoms in total. The van der Waals surface area contributed by atoms with Gasteiger partial charge in [-0.3, -0.25) is 4.79 Å². The molecule has 0 bridgehead atoms. The Morgan fingerprint density at radius 1 is 1.22 bits per heavy atom. The molecule has 1 aromatic heterocycles. The normalized spacial score (nSPS) is 10.2. The first-order valence-electron chi connectivity index (χ1n) is 5.26. The third kappa shape index (κ3) is 3.17. The van der Waals surface area contributed by atoms with Crippen LogP contribution in [-0.2, 0) is 0 Å². The van der Waals surface area contributed by atoms with E-state index in [2.05, 4.69) is 42.2 Å². The summed E-state index contributed by atoms with van der Waals surface area (Å²) in [6.45, 7) is 1.90. The molecular weight excluding hydrogens is 360 g/mol. The summed E-state index contributed by atoms with van der Waals surface area (Å²) in [6.07, 6.45) is 0. The number of benzene rings is 1. The fourth-order valence-electron chi connectivity index (χ4n) is 1.50. The summed E-state index contributed by atoms with van der Waals surface area (Å²) in [5.74, 6) is 0.355. The van der Waals surface area contributed by atoms with E-state index in [4.69, 9.17) is 0 Å². The maximum absolute atomic E-state index is 12.1. The van der Waals surface area contributed by atoms with Crippen molar-refractivity contribution in [1.82, 2.24) is 4.98 Å². The fourth-order valence-corrected chi connectivity index (χ4v) is 2.21. The van der Waals surface area contributed by atoms with E-state index in [-0.39, 0.29) is 5.91 Å². The summed E-state index contributed by atoms with van der Waals surface area (Å²) < 4.78 is 1.56. The molecule has 18 heavy (non-hydrogen) atoms. The van der Waals surface area contributed by atoms with Crippen LogP contribution < -0.4 is 5.32 Å². The zero-order chi connectivity index (χ0) is 13.1. The van der Waals surface area contributed by atoms with E-state index in [1.165, 1.54) is 0 Å². The van der Waals surface area contributed by atoms with Crippen molar-refractivity contribution in [3.05, 3.63) is 56.6 Å². The Kier molecular flexibility index (Phi) is 4.14. The number of aromatic nitrogens is 1. The van der Waals surface area contributed by atoms with Gasteiger partial charge in [0.2, 0.25) is 0 Å². The Morgan fingerprint density at radius 2 is 2.00 bits per heavy atom. The van der Waals surface area contributed by atoms with Crippen LogP contribution in [0.15, 0.2) is 45.5 Å². The van der Waals surface area contributed by atoms with Gasteiger partial charge in [-0.1, -0.05) is 28.1 Å². The van der Waals surface area contributed by atoms with E-state index in [9.17, 15) is 4.79 Å². The fraction of sp³-hybridized carbons (Fsp3) is 0.0769. The number of hydrogen-bond acceptors (Lipinski definition) is 2. The molecule has 0 fully saturated rings. The van der Waals surface area contributed by atoms with Gasteiger partial charge in [0.15, 0.2) is 0 Å². The summed E-state index contributed by atoms with van der Waals surface area (Å²) >= 11 is 6.62. The second-order valence-corrected chi connectivity index (χ2v) is 5.49. The lowest BCUT2D eigenvalue weighted by molar-refractivity contribution is 0.102. The van der Waals surface area contributed by atoms with Crippen molar-refractivity contribution < 1.29 is 4.79 Å². The van der Waals surface area contributed by atoms with E-state index < -0.39 is 0 Å². The van der Waals surface area contributed by atoms with Crippen LogP contribution in [0.25, 0.3) is 0 Å². The molecule has 0 aliphatic rings. The van der Waals surface area contributed by atoms with Gasteiger partial charge in [0.05, 0.1) is 0 Å². The summed E-state index contributed by atoms with van der Waals surface area (Å²) in [7, 11) is 0. The maximum Gasteiger partial charge on any atom is 0.257 e. The highest BCUT2D eigenvalue weighted by molar-refractivity contribution is 9.10. The number of rotatable bonds is 2. The van der Waals surface area contributed by atoms with Crippen molar-refractivity contribution in [2.45, 2.75) is 6.92 Å². The van der Waals surface area contributed by atoms with Crippen molar-refractivity contribution in [1.29, 1.82) is 0 Å². The molecule has 0 saturated heterocycles. The number of pyridine rings is 1. The molecule has 0 spiro atoms. The molecule has 0 atom stereocenters. The van der Waals surface area contributed by atoms with Crippen molar-refractivity contribution in [3.8, 4) is 0 Å². The van der Waals surface area contributed by atoms with Crippen molar-refractivity contribution >= 4 is 43.6 Å². The molecule has 5 heteroatoms. The summed E-state index contributed by atoms with van der Waals surface area (Å²) in [4.78, 5) is 16.3. The monoisotopic (exact) mass is 368 g/mol. The maximum atomic E-state index is 12.1. The van der Waals surface area contributed by atoms with Crippen LogP contribution in [0.3, 0.4) is 0 Å². The molecule has 1 amide bonds. The first-order chi connectivity index (χ1) is 8.56. The minimum Gasteiger partial charge on any atom is -0.307 e. The first kappa shape index (κ1) is 13.2. The van der Waals surface area contributed by atoms with Gasteiger partial charge in [0, 0.05) is 10.0 Å². The van der Waals surface area contributed by atoms with Gasteiger partial charge in [-0.25, -0.2) is 4.98 Å². The Labute approximate surface area is 122 Å². The lowest BCUT2D eigenvalue weighted by Gasteiger charge is -2.07. The highest BCUT2D eigenvalue weighted by Gasteiger charge is 2.10. The topological polar surface area (TPSA) is 42.0 Å². The quantitative estimate of drug-likeness (QED) is 0.807. The van der Waals surface area contributed by atoms with Gasteiger partial charge < -0.3 is 5.32 Å². The van der Waals surface area contributed by atoms with E-state index in [0.29, 0.717) is 16.0 Å². The van der Waals surface area contributed by atoms with Gasteiger partial charge >= 0.3 is 0 Å². The van der Waals surface area contributed by atoms with E-state index in [1.807, 2.05) is 25.1 Å². The molecule has 0 radical (unpaired) electrons. The number of aryl methyl sites for hydroxylation is 1. The van der Waals surface area contributed by atoms with Crippen LogP contribution >= 0.6 is 31.9 Å². The SMILES string of the molecule is Cc1ccc(Br)cc1C(=O)Nc1cccc(Br)n1. The lowest BCUT2D eigenvalue weighted by Crippen LogP contribution is -2.14. The molecule has 2 aromatic rings. The Morgan fingerprint density at radius 3 is 2.72 bits per heavy atom. The zero-order valence-electron chi connectivity index (χ0n) is 9.58. The number of hydrogen-bond donors (Lipinski definition) is 1. The molecule has 1 heterocycles. The molecular formula is C13H10Br2N2O. The Hall–Kier alpha value is -1.20. The number of nitrogens with one attached hydrogen (secondary N) is 1. The Balaban J connectivity index is 2.24. The van der Waals surface area contributed by atoms with Gasteiger partial charge in [-0.2, -0.15) is 0 Å². The molecule has 2 rings (SSSR count). The van der Waals surface area contributed by atoms with Gasteiger partial charge in [0.25, 0.3) is 5.91 Å². The van der Waals surface area contributed by atoms with E-state index >= 15 is 0 Å². The average Bonchev–Trinajstić information content (AvgIpc) is 2.32. The summed E-state index contributed by atoms with van der Waals surface area (Å²) in [5, 5.41) is 2.77. The molecule has 92 valence electrons. The minimum atomic E-state index is -0.167. The van der Waals surface area contributed by atoms with Crippen molar-refractivity contribution in [2.75, 3.05) is 5.32 Å². The van der Waals surface area contributed by atoms with Gasteiger partial charge in [0.1, 0.15) is 10.4 Å². The molecule has 0 unspecified atom stereocenters. The van der Waals surface area contributed by atoms with Gasteiger partial charge in [-0.05, 0) is 52.7 Å². The highest BCUT2D eigenvalue weighted by Crippen LogP contribution is 2.18. The van der Waals surface area contributed by atoms with Crippen LogP contribution in [0.1, 0.15) is 15.9 Å². The number of amides is 1. The second kappa shape index (κ2) is 5.63. The average molecular weight is 370 g/mol. The lowest BCUT2D eigenvalue weighted by atomic mass is 10.1. The minimum absolute atomic E-state index is 0.167. The summed E-state index contributed by atoms with van der Waals surface area (Å²) in [5.41, 5.74) is 1.55. The van der Waals surface area contributed by atoms with E-state index in [0.717, 1.165) is 10.0 Å². The zero-order valence-corrected chi connectivity index (χ0v) is 12.7. The van der Waals surface area contributed by atoms with Crippen LogP contribution in [0.2, 0.25) is 0 Å². The highest BCUT2D eigenvalue weighted by atomic mass is 79.9. The number of nitrogens with zero attached hydrogens (tertiary/aromatic N) is 1. The predicted molar refractivity (Wildman–Crippen MR) is 78.8 cm³/mol. The van der Waals surface area contributed by atoms with Crippen LogP contribution in [-0.4, -0.2) is 10.9 Å². The number of halogens is 2. The Bertz CT molecular complexity index is 599. The third-order valence-electron chi connectivity index (χ3n) is 2.40. The number of carbonyl (C=O) groups excluding carboxylic acids is 1. The third-order valence-corrected chi connectivity index (χ3v) is 3.34. The van der Waals surface area contributed by atoms with Crippen molar-refractivity contribution in [3.63, 3.8) is 0 Å². The standard InChI is InChI=1S/C13H10Br2N2O/c1-8-5-6-9(14)7-10(8)13(18)17-12-4-2-3-11(15)16-12/h2-7H,1H3,(H,16,17,18). The number of anilines is 1. The predicted octanol–water partition coefficient (Wildman–Crippen LogP) is 4.17.